The molecule has 1 amide bonds. The number of aliphatic hydroxyl groups is 1. The van der Waals surface area contributed by atoms with Crippen molar-refractivity contribution in [3.63, 3.8) is 0 Å². The Labute approximate surface area is 167 Å². The van der Waals surface area contributed by atoms with Gasteiger partial charge in [-0.15, -0.1) is 0 Å². The summed E-state index contributed by atoms with van der Waals surface area (Å²) in [5.41, 5.74) is 0. The zero-order valence-corrected chi connectivity index (χ0v) is 17.2. The number of unbranched alkanes of at least 4 members (excludes halogenated alkanes) is 1. The third-order valence-electron chi connectivity index (χ3n) is 3.95. The van der Waals surface area contributed by atoms with Crippen LogP contribution in [0.15, 0.2) is 0 Å². The van der Waals surface area contributed by atoms with Gasteiger partial charge in [-0.1, -0.05) is 0 Å². The third-order valence-corrected chi connectivity index (χ3v) is 3.95. The second-order valence-electron chi connectivity index (χ2n) is 6.26. The Kier molecular flexibility index (Phi) is 18.0. The fourth-order valence-electron chi connectivity index (χ4n) is 2.37. The van der Waals surface area contributed by atoms with Gasteiger partial charge in [0.25, 0.3) is 0 Å². The highest BCUT2D eigenvalue weighted by Crippen LogP contribution is 2.01. The van der Waals surface area contributed by atoms with Crippen LogP contribution in [0.4, 0.5) is 0 Å². The minimum atomic E-state index is -0.463. The van der Waals surface area contributed by atoms with Crippen molar-refractivity contribution in [2.24, 2.45) is 0 Å². The SMILES string of the molecule is CCOCC(=O)CCCOCCOCC(=O)NCCCC[C@H](NC)C(=O)CO. The first-order valence-electron chi connectivity index (χ1n) is 9.87. The van der Waals surface area contributed by atoms with Crippen molar-refractivity contribution < 1.29 is 33.7 Å². The molecule has 0 spiro atoms. The van der Waals surface area contributed by atoms with Crippen LogP contribution in [-0.4, -0.2) is 88.5 Å². The summed E-state index contributed by atoms with van der Waals surface area (Å²) in [6, 6.07) is -0.341. The Hall–Kier alpha value is -1.39. The van der Waals surface area contributed by atoms with Crippen molar-refractivity contribution in [3.05, 3.63) is 0 Å². The summed E-state index contributed by atoms with van der Waals surface area (Å²) in [4.78, 5) is 34.4. The van der Waals surface area contributed by atoms with Gasteiger partial charge in [-0.25, -0.2) is 0 Å². The van der Waals surface area contributed by atoms with Crippen LogP contribution in [0.3, 0.4) is 0 Å². The third kappa shape index (κ3) is 15.6. The molecular formula is C19H36N2O7. The van der Waals surface area contributed by atoms with E-state index in [0.29, 0.717) is 52.2 Å². The van der Waals surface area contributed by atoms with Gasteiger partial charge in [-0.3, -0.25) is 14.4 Å². The zero-order valence-electron chi connectivity index (χ0n) is 17.2. The Balaban J connectivity index is 3.44. The van der Waals surface area contributed by atoms with Crippen molar-refractivity contribution >= 4 is 17.5 Å². The standard InChI is InChI=1S/C19H36N2O7/c1-3-26-14-16(23)7-6-10-27-11-12-28-15-19(25)21-9-5-4-8-17(20-2)18(24)13-22/h17,20,22H,3-15H2,1-2H3,(H,21,25)/t17-/m0/s1. The molecule has 0 aliphatic rings. The lowest BCUT2D eigenvalue weighted by Crippen LogP contribution is -2.36. The van der Waals surface area contributed by atoms with Crippen molar-refractivity contribution in [2.75, 3.05) is 59.8 Å². The maximum atomic E-state index is 11.6. The summed E-state index contributed by atoms with van der Waals surface area (Å²) in [5, 5.41) is 14.5. The lowest BCUT2D eigenvalue weighted by molar-refractivity contribution is -0.126. The van der Waals surface area contributed by atoms with Crippen molar-refractivity contribution in [2.45, 2.75) is 45.1 Å². The highest BCUT2D eigenvalue weighted by molar-refractivity contribution is 5.84. The minimum Gasteiger partial charge on any atom is -0.389 e. The highest BCUT2D eigenvalue weighted by Gasteiger charge is 2.14. The average Bonchev–Trinajstić information content (AvgIpc) is 2.70. The lowest BCUT2D eigenvalue weighted by atomic mass is 10.1. The molecule has 0 fully saturated rings. The van der Waals surface area contributed by atoms with Gasteiger partial charge < -0.3 is 30.0 Å². The molecule has 9 nitrogen and oxygen atoms in total. The number of carbonyl (C=O) groups excluding carboxylic acids is 3. The first-order chi connectivity index (χ1) is 13.5. The topological polar surface area (TPSA) is 123 Å². The first-order valence-corrected chi connectivity index (χ1v) is 9.87. The van der Waals surface area contributed by atoms with Gasteiger partial charge in [0.1, 0.15) is 19.8 Å². The second-order valence-corrected chi connectivity index (χ2v) is 6.26. The van der Waals surface area contributed by atoms with Crippen LogP contribution in [0.2, 0.25) is 0 Å². The number of amides is 1. The Morgan fingerprint density at radius 2 is 1.71 bits per heavy atom. The van der Waals surface area contributed by atoms with Gasteiger partial charge in [0.2, 0.25) is 5.91 Å². The number of likely N-dealkylation sites (N-methyl/N-ethyl adjacent to an activating group) is 1. The summed E-state index contributed by atoms with van der Waals surface area (Å²) in [7, 11) is 1.68. The summed E-state index contributed by atoms with van der Waals surface area (Å²) < 4.78 is 15.6. The first kappa shape index (κ1) is 26.6. The predicted molar refractivity (Wildman–Crippen MR) is 104 cm³/mol. The summed E-state index contributed by atoms with van der Waals surface area (Å²) in [6.45, 7) is 3.72. The van der Waals surface area contributed by atoms with Crippen molar-refractivity contribution in [1.82, 2.24) is 10.6 Å². The molecule has 1 atom stereocenters. The monoisotopic (exact) mass is 404 g/mol. The molecule has 0 saturated carbocycles. The molecule has 0 aromatic rings. The molecule has 28 heavy (non-hydrogen) atoms. The van der Waals surface area contributed by atoms with Crippen LogP contribution >= 0.6 is 0 Å². The minimum absolute atomic E-state index is 0.0294. The molecule has 0 rings (SSSR count). The van der Waals surface area contributed by atoms with E-state index < -0.39 is 6.61 Å². The molecule has 3 N–H and O–H groups in total. The highest BCUT2D eigenvalue weighted by atomic mass is 16.5. The molecule has 0 aliphatic heterocycles. The molecule has 0 radical (unpaired) electrons. The number of Topliss-reactive ketones (excluding diaryl/α,β-unsaturated/α-hetero) is 2. The van der Waals surface area contributed by atoms with Crippen LogP contribution in [0.25, 0.3) is 0 Å². The molecule has 0 aromatic heterocycles. The van der Waals surface area contributed by atoms with E-state index >= 15 is 0 Å². The van der Waals surface area contributed by atoms with E-state index in [1.54, 1.807) is 7.05 Å². The van der Waals surface area contributed by atoms with Gasteiger partial charge in [-0.2, -0.15) is 0 Å². The molecule has 0 aliphatic carbocycles. The lowest BCUT2D eigenvalue weighted by Gasteiger charge is -2.13. The maximum absolute atomic E-state index is 11.6. The molecular weight excluding hydrogens is 368 g/mol. The predicted octanol–water partition coefficient (Wildman–Crippen LogP) is -0.159. The van der Waals surface area contributed by atoms with Gasteiger partial charge in [0, 0.05) is 26.2 Å². The van der Waals surface area contributed by atoms with E-state index in [1.807, 2.05) is 6.92 Å². The normalized spacial score (nSPS) is 12.0. The zero-order chi connectivity index (χ0) is 21.0. The van der Waals surface area contributed by atoms with Gasteiger partial charge >= 0.3 is 0 Å². The van der Waals surface area contributed by atoms with E-state index in [2.05, 4.69) is 10.6 Å². The molecule has 0 unspecified atom stereocenters. The van der Waals surface area contributed by atoms with Gasteiger partial charge in [0.05, 0.1) is 19.3 Å². The molecule has 0 saturated heterocycles. The van der Waals surface area contributed by atoms with Crippen LogP contribution < -0.4 is 10.6 Å². The summed E-state index contributed by atoms with van der Waals surface area (Å²) in [5.74, 6) is -0.350. The Morgan fingerprint density at radius 1 is 0.964 bits per heavy atom. The van der Waals surface area contributed by atoms with E-state index in [9.17, 15) is 14.4 Å². The smallest absolute Gasteiger partial charge is 0.245 e. The Morgan fingerprint density at radius 3 is 2.39 bits per heavy atom. The summed E-state index contributed by atoms with van der Waals surface area (Å²) in [6.07, 6.45) is 3.21. The quantitative estimate of drug-likeness (QED) is 0.239. The van der Waals surface area contributed by atoms with Crippen LogP contribution in [-0.2, 0) is 28.6 Å². The number of aliphatic hydroxyl groups excluding tert-OH is 1. The number of rotatable bonds is 20. The second kappa shape index (κ2) is 18.9. The fourth-order valence-corrected chi connectivity index (χ4v) is 2.37. The van der Waals surface area contributed by atoms with Crippen molar-refractivity contribution in [3.8, 4) is 0 Å². The fraction of sp³-hybridized carbons (Fsp3) is 0.842. The molecule has 0 bridgehead atoms. The van der Waals surface area contributed by atoms with Crippen LogP contribution in [0, 0.1) is 0 Å². The average molecular weight is 405 g/mol. The summed E-state index contributed by atoms with van der Waals surface area (Å²) >= 11 is 0. The number of carbonyl (C=O) groups is 3. The van der Waals surface area contributed by atoms with E-state index in [-0.39, 0.29) is 36.7 Å². The molecule has 9 heteroatoms. The maximum Gasteiger partial charge on any atom is 0.245 e. The van der Waals surface area contributed by atoms with E-state index in [4.69, 9.17) is 19.3 Å². The largest absolute Gasteiger partial charge is 0.389 e. The molecule has 0 heterocycles. The van der Waals surface area contributed by atoms with E-state index in [0.717, 1.165) is 12.8 Å². The van der Waals surface area contributed by atoms with E-state index in [1.165, 1.54) is 0 Å². The van der Waals surface area contributed by atoms with Gasteiger partial charge in [0.15, 0.2) is 11.6 Å². The number of hydrogen-bond acceptors (Lipinski definition) is 8. The molecule has 0 aromatic carbocycles. The number of nitrogens with one attached hydrogen (secondary N) is 2. The molecule has 164 valence electrons. The Bertz CT molecular complexity index is 433. The van der Waals surface area contributed by atoms with Gasteiger partial charge in [-0.05, 0) is 39.7 Å². The number of hydrogen-bond donors (Lipinski definition) is 3. The van der Waals surface area contributed by atoms with Crippen molar-refractivity contribution in [1.29, 1.82) is 0 Å². The number of ether oxygens (including phenoxy) is 3. The number of ketones is 2. The van der Waals surface area contributed by atoms with Crippen LogP contribution in [0.5, 0.6) is 0 Å². The van der Waals surface area contributed by atoms with Crippen LogP contribution in [0.1, 0.15) is 39.0 Å².